The number of rotatable bonds is 6. The van der Waals surface area contributed by atoms with Crippen LogP contribution in [-0.2, 0) is 17.5 Å². The van der Waals surface area contributed by atoms with Gasteiger partial charge in [-0.2, -0.15) is 18.2 Å². The van der Waals surface area contributed by atoms with Gasteiger partial charge in [-0.1, -0.05) is 0 Å². The number of nitrogen functional groups attached to an aromatic ring is 1. The summed E-state index contributed by atoms with van der Waals surface area (Å²) in [5, 5.41) is 3.17. The van der Waals surface area contributed by atoms with Crippen molar-refractivity contribution in [2.24, 2.45) is 4.99 Å². The maximum absolute atomic E-state index is 13.5. The highest BCUT2D eigenvalue weighted by Gasteiger charge is 2.36. The topological polar surface area (TPSA) is 106 Å². The number of likely N-dealkylation sites (tertiary alicyclic amines) is 1. The van der Waals surface area contributed by atoms with Crippen LogP contribution >= 0.6 is 11.3 Å². The second-order valence-corrected chi connectivity index (χ2v) is 8.37. The molecule has 2 aromatic rings. The molecule has 1 aliphatic rings. The number of alkyl halides is 3. The Kier molecular flexibility index (Phi) is 6.80. The van der Waals surface area contributed by atoms with E-state index in [2.05, 4.69) is 25.2 Å². The third-order valence-electron chi connectivity index (χ3n) is 4.78. The molecule has 0 aliphatic carbocycles. The summed E-state index contributed by atoms with van der Waals surface area (Å²) >= 11 is 1.38. The minimum atomic E-state index is -4.61. The molecular formula is C19H23F3N6O2S. The summed E-state index contributed by atoms with van der Waals surface area (Å²) in [5.74, 6) is -0.638. The summed E-state index contributed by atoms with van der Waals surface area (Å²) in [7, 11) is 1.36. The van der Waals surface area contributed by atoms with Crippen molar-refractivity contribution in [1.29, 1.82) is 0 Å². The summed E-state index contributed by atoms with van der Waals surface area (Å²) in [6.07, 6.45) is -1.59. The van der Waals surface area contributed by atoms with E-state index in [0.29, 0.717) is 24.6 Å². The van der Waals surface area contributed by atoms with Gasteiger partial charge in [-0.3, -0.25) is 14.7 Å². The average Bonchev–Trinajstić information content (AvgIpc) is 3.22. The van der Waals surface area contributed by atoms with E-state index >= 15 is 0 Å². The van der Waals surface area contributed by atoms with E-state index in [1.807, 2.05) is 6.92 Å². The van der Waals surface area contributed by atoms with Gasteiger partial charge >= 0.3 is 6.18 Å². The van der Waals surface area contributed by atoms with Gasteiger partial charge in [-0.25, -0.2) is 4.98 Å². The van der Waals surface area contributed by atoms with Crippen LogP contribution in [0.2, 0.25) is 0 Å². The van der Waals surface area contributed by atoms with Crippen LogP contribution in [0.25, 0.3) is 0 Å². The number of aliphatic imine (C=N–C) groups is 1. The second-order valence-electron chi connectivity index (χ2n) is 7.26. The molecule has 2 atom stereocenters. The summed E-state index contributed by atoms with van der Waals surface area (Å²) in [6.45, 7) is 4.53. The fraction of sp³-hybridized carbons (Fsp3) is 0.474. The molecule has 31 heavy (non-hydrogen) atoms. The summed E-state index contributed by atoms with van der Waals surface area (Å²) in [5.41, 5.74) is 4.54. The van der Waals surface area contributed by atoms with Crippen molar-refractivity contribution in [3.05, 3.63) is 28.3 Å². The third kappa shape index (κ3) is 5.70. The minimum Gasteiger partial charge on any atom is -0.473 e. The van der Waals surface area contributed by atoms with E-state index in [1.54, 1.807) is 6.20 Å². The Morgan fingerprint density at radius 2 is 2.26 bits per heavy atom. The van der Waals surface area contributed by atoms with E-state index in [0.717, 1.165) is 17.2 Å². The maximum atomic E-state index is 13.5. The van der Waals surface area contributed by atoms with Crippen molar-refractivity contribution in [3.8, 4) is 5.88 Å². The lowest BCUT2D eigenvalue weighted by molar-refractivity contribution is -0.137. The van der Waals surface area contributed by atoms with Gasteiger partial charge in [0.2, 0.25) is 11.8 Å². The van der Waals surface area contributed by atoms with E-state index in [1.165, 1.54) is 25.3 Å². The number of hydrogen-bond acceptors (Lipinski definition) is 8. The molecular weight excluding hydrogens is 433 g/mol. The number of aromatic nitrogens is 2. The van der Waals surface area contributed by atoms with E-state index in [-0.39, 0.29) is 35.3 Å². The van der Waals surface area contributed by atoms with Gasteiger partial charge in [0.15, 0.2) is 5.13 Å². The molecule has 0 radical (unpaired) electrons. The highest BCUT2D eigenvalue weighted by molar-refractivity contribution is 7.15. The molecule has 3 heterocycles. The third-order valence-corrected chi connectivity index (χ3v) is 5.67. The highest BCUT2D eigenvalue weighted by atomic mass is 32.1. The number of amides is 1. The van der Waals surface area contributed by atoms with Crippen LogP contribution in [0.4, 0.5) is 24.1 Å². The predicted octanol–water partition coefficient (Wildman–Crippen LogP) is 3.19. The Balaban J connectivity index is 1.70. The molecule has 1 saturated heterocycles. The Hall–Kier alpha value is -2.73. The van der Waals surface area contributed by atoms with E-state index < -0.39 is 11.7 Å². The van der Waals surface area contributed by atoms with Crippen LogP contribution in [0.5, 0.6) is 5.88 Å². The molecule has 3 rings (SSSR count). The zero-order chi connectivity index (χ0) is 22.8. The maximum Gasteiger partial charge on any atom is 0.417 e. The first-order valence-corrected chi connectivity index (χ1v) is 10.3. The van der Waals surface area contributed by atoms with Gasteiger partial charge in [0.05, 0.1) is 5.56 Å². The fourth-order valence-electron chi connectivity index (χ4n) is 3.42. The van der Waals surface area contributed by atoms with Crippen molar-refractivity contribution >= 4 is 34.4 Å². The SMILES string of the molecule is CN=Cc1c(C(F)(F)F)cc(O[C@@H]2C[C@H](C)N(Cc3cnc(NC(C)=O)s3)C2)nc1N. The molecule has 168 valence electrons. The summed E-state index contributed by atoms with van der Waals surface area (Å²) in [6, 6.07) is 1.01. The molecule has 0 unspecified atom stereocenters. The largest absolute Gasteiger partial charge is 0.473 e. The van der Waals surface area contributed by atoms with Gasteiger partial charge in [0.25, 0.3) is 0 Å². The Bertz CT molecular complexity index is 978. The molecule has 0 saturated carbocycles. The molecule has 1 amide bonds. The number of ether oxygens (including phenoxy) is 1. The highest BCUT2D eigenvalue weighted by Crippen LogP contribution is 2.36. The Morgan fingerprint density at radius 1 is 1.52 bits per heavy atom. The summed E-state index contributed by atoms with van der Waals surface area (Å²) < 4.78 is 46.1. The first-order valence-electron chi connectivity index (χ1n) is 9.49. The minimum absolute atomic E-state index is 0.141. The van der Waals surface area contributed by atoms with Gasteiger partial charge < -0.3 is 15.8 Å². The number of halogens is 3. The molecule has 1 aliphatic heterocycles. The number of thiazole rings is 1. The number of hydrogen-bond donors (Lipinski definition) is 2. The van der Waals surface area contributed by atoms with Crippen LogP contribution < -0.4 is 15.8 Å². The number of nitrogens with one attached hydrogen (secondary N) is 1. The Morgan fingerprint density at radius 3 is 2.90 bits per heavy atom. The number of nitrogens with two attached hydrogens (primary N) is 1. The lowest BCUT2D eigenvalue weighted by Crippen LogP contribution is -2.28. The number of nitrogens with zero attached hydrogens (tertiary/aromatic N) is 4. The van der Waals surface area contributed by atoms with Crippen LogP contribution in [0, 0.1) is 0 Å². The lowest BCUT2D eigenvalue weighted by atomic mass is 10.1. The smallest absolute Gasteiger partial charge is 0.417 e. The summed E-state index contributed by atoms with van der Waals surface area (Å²) in [4.78, 5) is 26.0. The second kappa shape index (κ2) is 9.18. The molecule has 8 nitrogen and oxygen atoms in total. The molecule has 2 aromatic heterocycles. The quantitative estimate of drug-likeness (QED) is 0.647. The number of anilines is 2. The zero-order valence-corrected chi connectivity index (χ0v) is 18.0. The molecule has 1 fully saturated rings. The monoisotopic (exact) mass is 456 g/mol. The molecule has 0 bridgehead atoms. The first-order chi connectivity index (χ1) is 14.6. The lowest BCUT2D eigenvalue weighted by Gasteiger charge is -2.19. The van der Waals surface area contributed by atoms with Crippen LogP contribution in [0.1, 0.15) is 36.3 Å². The number of carbonyl (C=O) groups is 1. The predicted molar refractivity (Wildman–Crippen MR) is 112 cm³/mol. The van der Waals surface area contributed by atoms with Gasteiger partial charge in [0, 0.05) is 68.4 Å². The normalized spacial score (nSPS) is 19.8. The van der Waals surface area contributed by atoms with E-state index in [4.69, 9.17) is 10.5 Å². The standard InChI is InChI=1S/C19H23F3N6O2S/c1-10-4-12(8-28(10)9-13-6-25-18(31-13)26-11(2)29)30-16-5-15(19(20,21)22)14(7-24-3)17(23)27-16/h5-7,10,12H,4,8-9H2,1-3H3,(H2,23,27)(H,25,26,29)/t10-,12+/m0/s1. The van der Waals surface area contributed by atoms with Crippen molar-refractivity contribution in [2.75, 3.05) is 24.6 Å². The first kappa shape index (κ1) is 22.9. The molecule has 0 spiro atoms. The van der Waals surface area contributed by atoms with Gasteiger partial charge in [-0.05, 0) is 6.92 Å². The number of pyridine rings is 1. The fourth-order valence-corrected chi connectivity index (χ4v) is 4.31. The Labute approximate surface area is 181 Å². The van der Waals surface area contributed by atoms with Crippen molar-refractivity contribution in [3.63, 3.8) is 0 Å². The van der Waals surface area contributed by atoms with Crippen LogP contribution in [-0.4, -0.2) is 52.7 Å². The average molecular weight is 456 g/mol. The molecule has 3 N–H and O–H groups in total. The van der Waals surface area contributed by atoms with Gasteiger partial charge in [0.1, 0.15) is 11.9 Å². The van der Waals surface area contributed by atoms with Crippen molar-refractivity contribution in [1.82, 2.24) is 14.9 Å². The van der Waals surface area contributed by atoms with Crippen LogP contribution in [0.3, 0.4) is 0 Å². The van der Waals surface area contributed by atoms with Crippen molar-refractivity contribution in [2.45, 2.75) is 45.1 Å². The molecule has 12 heteroatoms. The van der Waals surface area contributed by atoms with Crippen molar-refractivity contribution < 1.29 is 22.7 Å². The number of carbonyl (C=O) groups excluding carboxylic acids is 1. The van der Waals surface area contributed by atoms with E-state index in [9.17, 15) is 18.0 Å². The molecule has 0 aromatic carbocycles. The zero-order valence-electron chi connectivity index (χ0n) is 17.2. The van der Waals surface area contributed by atoms with Gasteiger partial charge in [-0.15, -0.1) is 11.3 Å². The van der Waals surface area contributed by atoms with Crippen LogP contribution in [0.15, 0.2) is 17.3 Å².